The molecular formula is C97H105NSV. The van der Waals surface area contributed by atoms with Crippen molar-refractivity contribution < 1.29 is 18.6 Å². The third kappa shape index (κ3) is 19.1. The van der Waals surface area contributed by atoms with Gasteiger partial charge < -0.3 is 12.3 Å². The fourth-order valence-electron chi connectivity index (χ4n) is 13.2. The van der Waals surface area contributed by atoms with Gasteiger partial charge in [-0.1, -0.05) is 244 Å². The Hall–Kier alpha value is -9.02. The number of nitrogens with zero attached hydrogens (tertiary/aromatic N) is 1. The molecule has 0 aliphatic heterocycles. The molecule has 0 fully saturated rings. The van der Waals surface area contributed by atoms with Gasteiger partial charge in [-0.05, 0) is 270 Å². The second-order valence-electron chi connectivity index (χ2n) is 28.2. The maximum atomic E-state index is 3.20. The molecule has 0 amide bonds. The van der Waals surface area contributed by atoms with E-state index in [2.05, 4.69) is 398 Å². The van der Waals surface area contributed by atoms with Crippen molar-refractivity contribution >= 4 is 46.1 Å². The van der Waals surface area contributed by atoms with Crippen LogP contribution in [0.4, 0.5) is 17.1 Å². The van der Waals surface area contributed by atoms with Crippen molar-refractivity contribution in [1.29, 1.82) is 0 Å². The SMILES string of the molecule is C/C=C/c1cc(C)c(C)cc1C.Cc1cc(C)c(C)cc1C.Cc1cc(C)c(C)s1.Cc1ccc(N(c2ccc(C)cc2)c2ccc(C=C(c3ccccc3)c3ccccc3)cc2)cc1.Cc1ccc2c(c1)C(C)(C)c1c[c-]ccc1-2.Cc1ccc2c(c1)C(C)(C)c1cc(C)ccc1-2.[CH3-].[V+2]. The first-order valence-corrected chi connectivity index (χ1v) is 35.5. The number of benzene rings is 11. The van der Waals surface area contributed by atoms with Crippen molar-refractivity contribution in [3.05, 3.63) is 383 Å². The second-order valence-corrected chi connectivity index (χ2v) is 29.6. The monoisotopic (exact) mass is 1370 g/mol. The van der Waals surface area contributed by atoms with Gasteiger partial charge in [-0.3, -0.25) is 0 Å². The minimum Gasteiger partial charge on any atom is -0.358 e. The smallest absolute Gasteiger partial charge is 0.358 e. The van der Waals surface area contributed by atoms with E-state index >= 15 is 0 Å². The normalized spacial score (nSPS) is 12.0. The summed E-state index contributed by atoms with van der Waals surface area (Å²) in [6, 6.07) is 88.5. The molecule has 100 heavy (non-hydrogen) atoms. The van der Waals surface area contributed by atoms with Crippen LogP contribution in [0.3, 0.4) is 0 Å². The van der Waals surface area contributed by atoms with E-state index in [-0.39, 0.29) is 36.8 Å². The number of hydrogen-bond donors (Lipinski definition) is 0. The molecule has 0 atom stereocenters. The van der Waals surface area contributed by atoms with Gasteiger partial charge in [0.05, 0.1) is 0 Å². The zero-order valence-corrected chi connectivity index (χ0v) is 65.8. The first-order valence-electron chi connectivity index (χ1n) is 34.7. The summed E-state index contributed by atoms with van der Waals surface area (Å²) < 4.78 is 0. The molecule has 0 unspecified atom stereocenters. The van der Waals surface area contributed by atoms with Gasteiger partial charge in [0.2, 0.25) is 0 Å². The molecule has 1 aromatic heterocycles. The van der Waals surface area contributed by atoms with Crippen LogP contribution in [0.25, 0.3) is 40.0 Å². The third-order valence-corrected chi connectivity index (χ3v) is 20.6. The van der Waals surface area contributed by atoms with Crippen LogP contribution in [0.2, 0.25) is 0 Å². The number of thiophene rings is 1. The summed E-state index contributed by atoms with van der Waals surface area (Å²) in [4.78, 5) is 5.17. The summed E-state index contributed by atoms with van der Waals surface area (Å²) >= 11 is 1.87. The summed E-state index contributed by atoms with van der Waals surface area (Å²) in [7, 11) is 0. The molecule has 509 valence electrons. The standard InChI is InChI=1S/C34H29N.C17H18.C16H15.C12H16.C10H14.C7H10S.CH3.V/c1-26-13-19-31(20-14-26)35(32-21-15-27(2)16-22-32)33-23-17-28(18-24-33)25-34(29-9-5-3-6-10-29)30-11-7-4-8-12-30;1-11-5-7-13-14-8-6-12(2)10-16(14)17(3,4)15(13)9-11;1-11-8-9-13-12-6-4-5-7-14(12)16(2,3)15(13)10-11;1-5-6-12-8-10(3)9(2)7-11(12)4;1-7-5-9(3)10(4)6-8(7)2;1-5-4-6(2)8-7(5)3;;/h3-25H,1-2H3;5-10H,1-4H3;4,6-10H,1-3H3;5-8H,1-4H3;5-6H,1-4H3;4H,1-3H3;1H3;/q;;-1;;;;-1;+2/b;;;6-5+;;;;. The summed E-state index contributed by atoms with van der Waals surface area (Å²) in [6.07, 6.45) is 6.51. The van der Waals surface area contributed by atoms with Gasteiger partial charge >= 0.3 is 18.6 Å². The summed E-state index contributed by atoms with van der Waals surface area (Å²) in [6.45, 7) is 43.6. The molecule has 1 heterocycles. The number of allylic oxidation sites excluding steroid dienone is 1. The summed E-state index contributed by atoms with van der Waals surface area (Å²) in [5.74, 6) is 0. The first-order chi connectivity index (χ1) is 46.7. The van der Waals surface area contributed by atoms with Crippen molar-refractivity contribution in [3.8, 4) is 22.3 Å². The van der Waals surface area contributed by atoms with Gasteiger partial charge in [-0.15, -0.1) is 22.5 Å². The van der Waals surface area contributed by atoms with Crippen molar-refractivity contribution in [1.82, 2.24) is 0 Å². The number of aryl methyl sites for hydroxylation is 15. The molecule has 0 N–H and O–H groups in total. The van der Waals surface area contributed by atoms with E-state index in [1.54, 1.807) is 0 Å². The third-order valence-electron chi connectivity index (χ3n) is 19.5. The van der Waals surface area contributed by atoms with Crippen molar-refractivity contribution in [3.63, 3.8) is 0 Å². The molecule has 2 aliphatic rings. The Morgan fingerprint density at radius 1 is 0.370 bits per heavy atom. The maximum absolute atomic E-state index is 3.20. The maximum Gasteiger partial charge on any atom is 2.00 e. The van der Waals surface area contributed by atoms with E-state index < -0.39 is 0 Å². The van der Waals surface area contributed by atoms with Crippen LogP contribution in [-0.4, -0.2) is 0 Å². The number of hydrogen-bond acceptors (Lipinski definition) is 2. The topological polar surface area (TPSA) is 3.24 Å². The average molecular weight is 1370 g/mol. The largest absolute Gasteiger partial charge is 2.00 e. The number of fused-ring (bicyclic) bond motifs is 6. The molecule has 3 heteroatoms. The second kappa shape index (κ2) is 34.9. The van der Waals surface area contributed by atoms with Gasteiger partial charge in [0.1, 0.15) is 0 Å². The van der Waals surface area contributed by atoms with E-state index in [0.29, 0.717) is 0 Å². The molecule has 1 radical (unpaired) electrons. The van der Waals surface area contributed by atoms with Crippen molar-refractivity contribution in [2.75, 3.05) is 4.90 Å². The predicted octanol–water partition coefficient (Wildman–Crippen LogP) is 27.8. The van der Waals surface area contributed by atoms with E-state index in [9.17, 15) is 0 Å². The van der Waals surface area contributed by atoms with E-state index in [4.69, 9.17) is 0 Å². The molecule has 0 spiro atoms. The van der Waals surface area contributed by atoms with Crippen LogP contribution in [0.5, 0.6) is 0 Å². The molecular weight excluding hydrogens is 1260 g/mol. The fraction of sp³-hybridized carbons (Fsp3) is 0.227. The van der Waals surface area contributed by atoms with Crippen LogP contribution in [0.1, 0.15) is 161 Å². The van der Waals surface area contributed by atoms with Gasteiger partial charge in [-0.25, -0.2) is 0 Å². The van der Waals surface area contributed by atoms with E-state index in [0.717, 1.165) is 17.1 Å². The van der Waals surface area contributed by atoms with Gasteiger partial charge in [0.15, 0.2) is 0 Å². The molecule has 2 aliphatic carbocycles. The van der Waals surface area contributed by atoms with Crippen LogP contribution in [-0.2, 0) is 29.4 Å². The molecule has 0 saturated heterocycles. The van der Waals surface area contributed by atoms with Crippen molar-refractivity contribution in [2.45, 2.75) is 149 Å². The van der Waals surface area contributed by atoms with Crippen LogP contribution in [0.15, 0.2) is 243 Å². The molecule has 0 saturated carbocycles. The zero-order chi connectivity index (χ0) is 70.6. The Labute approximate surface area is 619 Å². The number of rotatable bonds is 7. The Bertz CT molecular complexity index is 4540. The molecule has 14 rings (SSSR count). The molecule has 1 nitrogen and oxygen atoms in total. The van der Waals surface area contributed by atoms with E-state index in [1.165, 1.54) is 154 Å². The van der Waals surface area contributed by atoms with Crippen LogP contribution < -0.4 is 4.90 Å². The van der Waals surface area contributed by atoms with Crippen LogP contribution >= 0.6 is 11.3 Å². The fourth-order valence-corrected chi connectivity index (χ4v) is 14.1. The van der Waals surface area contributed by atoms with Gasteiger partial charge in [0, 0.05) is 32.2 Å². The molecule has 0 bridgehead atoms. The molecule has 11 aromatic carbocycles. The minimum atomic E-state index is 0. The summed E-state index contributed by atoms with van der Waals surface area (Å²) in [5, 5.41) is 0. The quantitative estimate of drug-likeness (QED) is 0.114. The van der Waals surface area contributed by atoms with Gasteiger partial charge in [0.25, 0.3) is 0 Å². The molecule has 12 aromatic rings. The van der Waals surface area contributed by atoms with Crippen molar-refractivity contribution in [2.24, 2.45) is 0 Å². The zero-order valence-electron chi connectivity index (χ0n) is 63.6. The Morgan fingerprint density at radius 2 is 0.730 bits per heavy atom. The Morgan fingerprint density at radius 3 is 1.10 bits per heavy atom. The van der Waals surface area contributed by atoms with E-state index in [1.807, 2.05) is 17.4 Å². The minimum absolute atomic E-state index is 0. The van der Waals surface area contributed by atoms with Crippen LogP contribution in [0, 0.1) is 117 Å². The summed E-state index contributed by atoms with van der Waals surface area (Å²) in [5.41, 5.74) is 38.9. The first kappa shape index (κ1) is 78.3. The average Bonchev–Trinajstić information content (AvgIpc) is 1.59. The van der Waals surface area contributed by atoms with Gasteiger partial charge in [-0.2, -0.15) is 24.3 Å². The Balaban J connectivity index is 0.000000183. The number of anilines is 3. The Kier molecular flexibility index (Phi) is 27.3. The predicted molar refractivity (Wildman–Crippen MR) is 437 cm³/mol.